The lowest BCUT2D eigenvalue weighted by Gasteiger charge is -2.40. The molecule has 1 fully saturated rings. The minimum atomic E-state index is -0.269. The molecule has 5 heteroatoms. The molecule has 0 saturated carbocycles. The van der Waals surface area contributed by atoms with Crippen molar-refractivity contribution in [1.82, 2.24) is 10.1 Å². The van der Waals surface area contributed by atoms with E-state index >= 15 is 0 Å². The van der Waals surface area contributed by atoms with Gasteiger partial charge in [0.05, 0.1) is 11.7 Å². The van der Waals surface area contributed by atoms with E-state index in [0.29, 0.717) is 12.5 Å². The fourth-order valence-corrected chi connectivity index (χ4v) is 2.73. The van der Waals surface area contributed by atoms with Gasteiger partial charge in [0.15, 0.2) is 0 Å². The molecule has 1 aromatic heterocycles. The molecular weight excluding hydrogens is 283 g/mol. The number of rotatable bonds is 4. The summed E-state index contributed by atoms with van der Waals surface area (Å²) in [5.41, 5.74) is 1.75. The highest BCUT2D eigenvalue weighted by atomic mass is 19.1. The minimum absolute atomic E-state index is 0.00764. The molecule has 1 atom stereocenters. The average molecular weight is 302 g/mol. The Balaban J connectivity index is 1.72. The van der Waals surface area contributed by atoms with Crippen LogP contribution in [0, 0.1) is 11.7 Å². The quantitative estimate of drug-likeness (QED) is 0.867. The smallest absolute Gasteiger partial charge is 0.292 e. The summed E-state index contributed by atoms with van der Waals surface area (Å²) in [5.74, 6) is 0.323. The van der Waals surface area contributed by atoms with Crippen LogP contribution in [-0.2, 0) is 6.42 Å². The summed E-state index contributed by atoms with van der Waals surface area (Å²) in [6.45, 7) is 4.87. The van der Waals surface area contributed by atoms with E-state index in [-0.39, 0.29) is 23.5 Å². The maximum absolute atomic E-state index is 13.0. The second kappa shape index (κ2) is 5.91. The molecule has 1 aliphatic heterocycles. The van der Waals surface area contributed by atoms with Crippen LogP contribution in [0.25, 0.3) is 0 Å². The first-order valence-electron chi connectivity index (χ1n) is 7.56. The van der Waals surface area contributed by atoms with Gasteiger partial charge < -0.3 is 9.42 Å². The van der Waals surface area contributed by atoms with E-state index in [1.54, 1.807) is 23.1 Å². The van der Waals surface area contributed by atoms with Crippen molar-refractivity contribution in [3.05, 3.63) is 53.2 Å². The third kappa shape index (κ3) is 2.89. The molecule has 2 aromatic rings. The second-order valence-electron chi connectivity index (χ2n) is 6.14. The number of halogens is 1. The molecule has 22 heavy (non-hydrogen) atoms. The highest BCUT2D eigenvalue weighted by Crippen LogP contribution is 2.34. The van der Waals surface area contributed by atoms with Crippen molar-refractivity contribution in [2.75, 3.05) is 6.54 Å². The average Bonchev–Trinajstić information content (AvgIpc) is 2.87. The largest absolute Gasteiger partial charge is 0.351 e. The van der Waals surface area contributed by atoms with Gasteiger partial charge in [-0.25, -0.2) is 4.39 Å². The van der Waals surface area contributed by atoms with Crippen LogP contribution < -0.4 is 0 Å². The molecule has 1 saturated heterocycles. The predicted octanol–water partition coefficient (Wildman–Crippen LogP) is 3.60. The first kappa shape index (κ1) is 14.8. The second-order valence-corrected chi connectivity index (χ2v) is 6.14. The molecule has 116 valence electrons. The van der Waals surface area contributed by atoms with Crippen molar-refractivity contribution in [3.63, 3.8) is 0 Å². The van der Waals surface area contributed by atoms with Gasteiger partial charge in [0.1, 0.15) is 5.82 Å². The molecule has 1 aromatic carbocycles. The lowest BCUT2D eigenvalue weighted by Crippen LogP contribution is -2.45. The zero-order chi connectivity index (χ0) is 15.7. The van der Waals surface area contributed by atoms with Gasteiger partial charge in [-0.3, -0.25) is 4.79 Å². The fraction of sp³-hybridized carbons (Fsp3) is 0.412. The Morgan fingerprint density at radius 2 is 2.14 bits per heavy atom. The third-order valence-corrected chi connectivity index (χ3v) is 3.92. The Kier molecular flexibility index (Phi) is 3.96. The Bertz CT molecular complexity index is 664. The lowest BCUT2D eigenvalue weighted by atomic mass is 9.94. The number of carbonyl (C=O) groups excluding carboxylic acids is 1. The van der Waals surface area contributed by atoms with E-state index in [1.807, 2.05) is 0 Å². The van der Waals surface area contributed by atoms with Crippen LogP contribution in [0.5, 0.6) is 0 Å². The summed E-state index contributed by atoms with van der Waals surface area (Å²) in [7, 11) is 0. The van der Waals surface area contributed by atoms with Crippen molar-refractivity contribution in [3.8, 4) is 0 Å². The fourth-order valence-electron chi connectivity index (χ4n) is 2.73. The van der Waals surface area contributed by atoms with Crippen molar-refractivity contribution in [2.45, 2.75) is 32.7 Å². The van der Waals surface area contributed by atoms with E-state index in [9.17, 15) is 9.18 Å². The number of amides is 1. The van der Waals surface area contributed by atoms with Crippen molar-refractivity contribution < 1.29 is 13.7 Å². The summed E-state index contributed by atoms with van der Waals surface area (Å²) >= 11 is 0. The van der Waals surface area contributed by atoms with Crippen LogP contribution in [0.15, 0.2) is 34.9 Å². The molecule has 0 aliphatic carbocycles. The minimum Gasteiger partial charge on any atom is -0.351 e. The number of benzene rings is 1. The summed E-state index contributed by atoms with van der Waals surface area (Å²) < 4.78 is 18.2. The van der Waals surface area contributed by atoms with Crippen molar-refractivity contribution in [1.29, 1.82) is 0 Å². The zero-order valence-electron chi connectivity index (χ0n) is 12.8. The normalized spacial score (nSPS) is 17.6. The number of nitrogens with zero attached hydrogens (tertiary/aromatic N) is 2. The summed E-state index contributed by atoms with van der Waals surface area (Å²) in [6, 6.07) is 8.01. The van der Waals surface area contributed by atoms with Gasteiger partial charge in [0.25, 0.3) is 5.91 Å². The van der Waals surface area contributed by atoms with Gasteiger partial charge in [0, 0.05) is 12.6 Å². The molecule has 3 rings (SSSR count). The topological polar surface area (TPSA) is 46.3 Å². The molecule has 0 spiro atoms. The summed E-state index contributed by atoms with van der Waals surface area (Å²) in [5, 5.41) is 3.96. The number of likely N-dealkylation sites (tertiary alicyclic amines) is 1. The highest BCUT2D eigenvalue weighted by molar-refractivity contribution is 5.92. The van der Waals surface area contributed by atoms with Gasteiger partial charge in [-0.15, -0.1) is 0 Å². The van der Waals surface area contributed by atoms with Crippen LogP contribution in [0.1, 0.15) is 48.1 Å². The van der Waals surface area contributed by atoms with Crippen LogP contribution in [0.4, 0.5) is 4.39 Å². The van der Waals surface area contributed by atoms with E-state index in [2.05, 4.69) is 19.0 Å². The number of hydrogen-bond donors (Lipinski definition) is 0. The van der Waals surface area contributed by atoms with E-state index in [4.69, 9.17) is 4.52 Å². The Morgan fingerprint density at radius 1 is 1.41 bits per heavy atom. The van der Waals surface area contributed by atoms with E-state index in [1.165, 1.54) is 12.1 Å². The van der Waals surface area contributed by atoms with E-state index in [0.717, 1.165) is 24.1 Å². The summed E-state index contributed by atoms with van der Waals surface area (Å²) in [6.07, 6.45) is 1.67. The monoisotopic (exact) mass is 302 g/mol. The molecule has 2 heterocycles. The van der Waals surface area contributed by atoms with Gasteiger partial charge in [-0.2, -0.15) is 0 Å². The van der Waals surface area contributed by atoms with Gasteiger partial charge in [-0.05, 0) is 36.5 Å². The van der Waals surface area contributed by atoms with Gasteiger partial charge >= 0.3 is 0 Å². The molecule has 0 N–H and O–H groups in total. The molecular formula is C17H19FN2O2. The van der Waals surface area contributed by atoms with Gasteiger partial charge in [-0.1, -0.05) is 31.1 Å². The molecule has 1 aliphatic rings. The van der Waals surface area contributed by atoms with Crippen LogP contribution in [0.2, 0.25) is 0 Å². The molecule has 0 radical (unpaired) electrons. The predicted molar refractivity (Wildman–Crippen MR) is 79.8 cm³/mol. The van der Waals surface area contributed by atoms with Crippen LogP contribution in [-0.4, -0.2) is 22.5 Å². The molecule has 1 amide bonds. The van der Waals surface area contributed by atoms with Crippen LogP contribution in [0.3, 0.4) is 0 Å². The molecule has 0 unspecified atom stereocenters. The lowest BCUT2D eigenvalue weighted by molar-refractivity contribution is 0.0418. The van der Waals surface area contributed by atoms with Gasteiger partial charge in [0.2, 0.25) is 5.76 Å². The Morgan fingerprint density at radius 3 is 2.73 bits per heavy atom. The molecule has 0 bridgehead atoms. The highest BCUT2D eigenvalue weighted by Gasteiger charge is 2.35. The Labute approximate surface area is 128 Å². The van der Waals surface area contributed by atoms with Crippen LogP contribution >= 0.6 is 0 Å². The Hall–Kier alpha value is -2.17. The number of carbonyl (C=O) groups is 1. The maximum Gasteiger partial charge on any atom is 0.292 e. The van der Waals surface area contributed by atoms with Crippen molar-refractivity contribution in [2.24, 2.45) is 5.92 Å². The SMILES string of the molecule is CC(C)Cc1cc(C(=O)N2CC[C@@H]2c2ccc(F)cc2)on1. The third-order valence-electron chi connectivity index (χ3n) is 3.92. The van der Waals surface area contributed by atoms with E-state index < -0.39 is 0 Å². The standard InChI is InChI=1S/C17H19FN2O2/c1-11(2)9-14-10-16(22-19-14)17(21)20-8-7-15(20)12-3-5-13(18)6-4-12/h3-6,10-11,15H,7-9H2,1-2H3/t15-/m1/s1. The van der Waals surface area contributed by atoms with Crippen molar-refractivity contribution >= 4 is 5.91 Å². The zero-order valence-corrected chi connectivity index (χ0v) is 12.8. The number of aromatic nitrogens is 1. The summed E-state index contributed by atoms with van der Waals surface area (Å²) in [4.78, 5) is 14.2. The first-order chi connectivity index (χ1) is 10.5. The maximum atomic E-state index is 13.0. The first-order valence-corrected chi connectivity index (χ1v) is 7.56. The molecule has 4 nitrogen and oxygen atoms in total. The number of hydrogen-bond acceptors (Lipinski definition) is 3.